The number of hydrogen-bond acceptors (Lipinski definition) is 3. The van der Waals surface area contributed by atoms with Crippen molar-refractivity contribution in [2.75, 3.05) is 0 Å². The average Bonchev–Trinajstić information content (AvgIpc) is 2.24. The van der Waals surface area contributed by atoms with Crippen molar-refractivity contribution in [3.63, 3.8) is 0 Å². The average molecular weight is 345 g/mol. The first-order valence-corrected chi connectivity index (χ1v) is 14.2. The standard InChI is InChI=1S/C11H23F3O3Si3/c1-7-18(3,4)16-20(6,8-2)17-19(5,15)10-9-11(12,13)14/h7-8,15H,1-2,9-10H2,3-6H3. The van der Waals surface area contributed by atoms with Crippen molar-refractivity contribution in [2.45, 2.75) is 44.8 Å². The third-order valence-electron chi connectivity index (χ3n) is 2.62. The summed E-state index contributed by atoms with van der Waals surface area (Å²) in [6.07, 6.45) is -5.36. The van der Waals surface area contributed by atoms with E-state index in [1.165, 1.54) is 12.2 Å². The SMILES string of the molecule is C=C[Si](C)(C)O[Si](C)(C=C)O[Si](C)(O)CCC(F)(F)F. The van der Waals surface area contributed by atoms with Gasteiger partial charge in [0, 0.05) is 6.42 Å². The summed E-state index contributed by atoms with van der Waals surface area (Å²) in [5.41, 5.74) is 3.19. The van der Waals surface area contributed by atoms with E-state index in [0.29, 0.717) is 0 Å². The summed E-state index contributed by atoms with van der Waals surface area (Å²) in [5.74, 6) is 0. The number of halogens is 3. The molecule has 2 atom stereocenters. The van der Waals surface area contributed by atoms with Crippen molar-refractivity contribution in [2.24, 2.45) is 0 Å². The predicted octanol–water partition coefficient (Wildman–Crippen LogP) is 3.76. The van der Waals surface area contributed by atoms with Gasteiger partial charge in [0.05, 0.1) is 0 Å². The molecule has 0 aromatic rings. The van der Waals surface area contributed by atoms with E-state index in [-0.39, 0.29) is 0 Å². The first-order valence-electron chi connectivity index (χ1n) is 6.21. The molecule has 0 saturated heterocycles. The topological polar surface area (TPSA) is 38.7 Å². The normalized spacial score (nSPS) is 19.0. The Bertz CT molecular complexity index is 359. The van der Waals surface area contributed by atoms with E-state index < -0.39 is 44.1 Å². The summed E-state index contributed by atoms with van der Waals surface area (Å²) in [5, 5.41) is 0. The smallest absolute Gasteiger partial charge is 0.389 e. The lowest BCUT2D eigenvalue weighted by Crippen LogP contribution is -2.54. The van der Waals surface area contributed by atoms with E-state index in [4.69, 9.17) is 8.23 Å². The van der Waals surface area contributed by atoms with E-state index in [1.807, 2.05) is 13.1 Å². The highest BCUT2D eigenvalue weighted by atomic mass is 28.5. The number of rotatable bonds is 8. The minimum atomic E-state index is -4.30. The van der Waals surface area contributed by atoms with Crippen molar-refractivity contribution in [3.05, 3.63) is 24.6 Å². The lowest BCUT2D eigenvalue weighted by molar-refractivity contribution is -0.131. The molecule has 0 saturated carbocycles. The second-order valence-electron chi connectivity index (χ2n) is 5.52. The van der Waals surface area contributed by atoms with Crippen molar-refractivity contribution < 1.29 is 26.2 Å². The van der Waals surface area contributed by atoms with Crippen LogP contribution in [0.15, 0.2) is 24.6 Å². The minimum absolute atomic E-state index is 0.410. The van der Waals surface area contributed by atoms with E-state index >= 15 is 0 Å². The first-order chi connectivity index (χ1) is 8.74. The van der Waals surface area contributed by atoms with Gasteiger partial charge in [0.15, 0.2) is 8.32 Å². The van der Waals surface area contributed by atoms with Crippen molar-refractivity contribution in [3.8, 4) is 0 Å². The zero-order chi connectivity index (χ0) is 16.2. The van der Waals surface area contributed by atoms with Gasteiger partial charge in [-0.15, -0.1) is 13.2 Å². The maximum absolute atomic E-state index is 12.2. The highest BCUT2D eigenvalue weighted by Crippen LogP contribution is 2.28. The van der Waals surface area contributed by atoms with Gasteiger partial charge in [-0.3, -0.25) is 0 Å². The van der Waals surface area contributed by atoms with Crippen LogP contribution < -0.4 is 0 Å². The molecule has 0 radical (unpaired) electrons. The summed E-state index contributed by atoms with van der Waals surface area (Å²) in [6.45, 7) is 14.1. The molecule has 1 N–H and O–H groups in total. The fourth-order valence-corrected chi connectivity index (χ4v) is 11.9. The Balaban J connectivity index is 4.84. The zero-order valence-corrected chi connectivity index (χ0v) is 15.4. The second kappa shape index (κ2) is 6.71. The van der Waals surface area contributed by atoms with E-state index in [0.717, 1.165) is 0 Å². The molecule has 9 heteroatoms. The van der Waals surface area contributed by atoms with Gasteiger partial charge in [-0.1, -0.05) is 11.4 Å². The molecule has 20 heavy (non-hydrogen) atoms. The van der Waals surface area contributed by atoms with Crippen molar-refractivity contribution >= 4 is 25.4 Å². The van der Waals surface area contributed by atoms with Crippen LogP contribution in [0.5, 0.6) is 0 Å². The summed E-state index contributed by atoms with van der Waals surface area (Å²) in [6, 6.07) is -0.410. The summed E-state index contributed by atoms with van der Waals surface area (Å²) < 4.78 is 48.2. The Labute approximate surface area is 121 Å². The Kier molecular flexibility index (Phi) is 6.64. The zero-order valence-electron chi connectivity index (χ0n) is 12.4. The molecule has 2 unspecified atom stereocenters. The second-order valence-corrected chi connectivity index (χ2v) is 16.1. The first kappa shape index (κ1) is 19.8. The molecule has 0 bridgehead atoms. The molecule has 0 fully saturated rings. The van der Waals surface area contributed by atoms with Crippen molar-refractivity contribution in [1.82, 2.24) is 0 Å². The lowest BCUT2D eigenvalue weighted by Gasteiger charge is -2.36. The number of hydrogen-bond donors (Lipinski definition) is 1. The Morgan fingerprint density at radius 3 is 1.90 bits per heavy atom. The van der Waals surface area contributed by atoms with Crippen LogP contribution in [0, 0.1) is 0 Å². The molecule has 0 rings (SSSR count). The minimum Gasteiger partial charge on any atom is -0.430 e. The van der Waals surface area contributed by atoms with Crippen LogP contribution in [0.3, 0.4) is 0 Å². The van der Waals surface area contributed by atoms with E-state index in [2.05, 4.69) is 13.2 Å². The monoisotopic (exact) mass is 344 g/mol. The predicted molar refractivity (Wildman–Crippen MR) is 81.0 cm³/mol. The molecule has 0 spiro atoms. The molecule has 0 aliphatic heterocycles. The quantitative estimate of drug-likeness (QED) is 0.681. The molecule has 0 aromatic carbocycles. The van der Waals surface area contributed by atoms with E-state index in [9.17, 15) is 18.0 Å². The Morgan fingerprint density at radius 2 is 1.55 bits per heavy atom. The van der Waals surface area contributed by atoms with Crippen LogP contribution in [0.1, 0.15) is 6.42 Å². The van der Waals surface area contributed by atoms with Crippen LogP contribution in [0.2, 0.25) is 32.2 Å². The summed E-state index contributed by atoms with van der Waals surface area (Å²) in [4.78, 5) is 10.1. The van der Waals surface area contributed by atoms with Crippen molar-refractivity contribution in [1.29, 1.82) is 0 Å². The summed E-state index contributed by atoms with van der Waals surface area (Å²) >= 11 is 0. The van der Waals surface area contributed by atoms with Gasteiger partial charge in [0.2, 0.25) is 0 Å². The van der Waals surface area contributed by atoms with Gasteiger partial charge in [-0.2, -0.15) is 13.2 Å². The largest absolute Gasteiger partial charge is 0.430 e. The van der Waals surface area contributed by atoms with Crippen LogP contribution in [-0.2, 0) is 8.23 Å². The fraction of sp³-hybridized carbons (Fsp3) is 0.636. The molecule has 0 aromatic heterocycles. The molecule has 3 nitrogen and oxygen atoms in total. The summed E-state index contributed by atoms with van der Waals surface area (Å²) in [7, 11) is -8.54. The number of alkyl halides is 3. The molecule has 0 amide bonds. The molecule has 0 aliphatic rings. The Hall–Kier alpha value is -0.199. The maximum Gasteiger partial charge on any atom is 0.389 e. The lowest BCUT2D eigenvalue weighted by atomic mass is 10.5. The van der Waals surface area contributed by atoms with Gasteiger partial charge in [-0.25, -0.2) is 0 Å². The maximum atomic E-state index is 12.2. The Morgan fingerprint density at radius 1 is 1.05 bits per heavy atom. The van der Waals surface area contributed by atoms with Crippen LogP contribution >= 0.6 is 0 Å². The molecular weight excluding hydrogens is 321 g/mol. The van der Waals surface area contributed by atoms with Crippen LogP contribution in [-0.4, -0.2) is 36.4 Å². The third kappa shape index (κ3) is 8.17. The molecule has 0 aliphatic carbocycles. The van der Waals surface area contributed by atoms with Crippen LogP contribution in [0.4, 0.5) is 13.2 Å². The highest BCUT2D eigenvalue weighted by Gasteiger charge is 2.44. The third-order valence-corrected chi connectivity index (χ3v) is 12.6. The van der Waals surface area contributed by atoms with Gasteiger partial charge in [0.1, 0.15) is 0 Å². The molecule has 118 valence electrons. The fourth-order valence-electron chi connectivity index (χ4n) is 1.53. The van der Waals surface area contributed by atoms with Gasteiger partial charge in [0.25, 0.3) is 0 Å². The molecular formula is C11H23F3O3Si3. The van der Waals surface area contributed by atoms with Gasteiger partial charge in [-0.05, 0) is 32.2 Å². The van der Waals surface area contributed by atoms with Crippen LogP contribution in [0.25, 0.3) is 0 Å². The van der Waals surface area contributed by atoms with Gasteiger partial charge >= 0.3 is 23.3 Å². The molecule has 0 heterocycles. The highest BCUT2D eigenvalue weighted by molar-refractivity contribution is 6.90. The van der Waals surface area contributed by atoms with E-state index in [1.54, 1.807) is 12.2 Å². The van der Waals surface area contributed by atoms with Gasteiger partial charge < -0.3 is 13.0 Å².